The second-order valence-corrected chi connectivity index (χ2v) is 7.71. The molecule has 0 spiro atoms. The number of hydrogen-bond acceptors (Lipinski definition) is 6. The highest BCUT2D eigenvalue weighted by Crippen LogP contribution is 2.23. The lowest BCUT2D eigenvalue weighted by Gasteiger charge is -2.30. The van der Waals surface area contributed by atoms with Crippen molar-refractivity contribution in [3.63, 3.8) is 0 Å². The van der Waals surface area contributed by atoms with Crippen LogP contribution in [-0.4, -0.2) is 44.9 Å². The van der Waals surface area contributed by atoms with Gasteiger partial charge in [0.1, 0.15) is 0 Å². The van der Waals surface area contributed by atoms with E-state index in [1.165, 1.54) is 0 Å². The first-order valence-corrected chi connectivity index (χ1v) is 10.4. The minimum atomic E-state index is -4.67. The Morgan fingerprint density at radius 2 is 1.71 bits per heavy atom. The Hall–Kier alpha value is -1.40. The molecule has 24 heavy (non-hydrogen) atoms. The highest BCUT2D eigenvalue weighted by molar-refractivity contribution is 7.88. The SMILES string of the molecule is CCc1cc(N(CC)C(C)NS(C)(=O)=O)ccc1N.O=S(=O)(O)O. The lowest BCUT2D eigenvalue weighted by Crippen LogP contribution is -2.46. The molecule has 11 heteroatoms. The van der Waals surface area contributed by atoms with E-state index in [4.69, 9.17) is 23.3 Å². The molecule has 0 aliphatic carbocycles. The lowest BCUT2D eigenvalue weighted by molar-refractivity contribution is 0.381. The highest BCUT2D eigenvalue weighted by Gasteiger charge is 2.17. The van der Waals surface area contributed by atoms with Crippen molar-refractivity contribution in [3.05, 3.63) is 23.8 Å². The van der Waals surface area contributed by atoms with Crippen LogP contribution in [0.15, 0.2) is 18.2 Å². The van der Waals surface area contributed by atoms with E-state index >= 15 is 0 Å². The van der Waals surface area contributed by atoms with Gasteiger partial charge in [-0.25, -0.2) is 8.42 Å². The van der Waals surface area contributed by atoms with Crippen LogP contribution in [0.25, 0.3) is 0 Å². The van der Waals surface area contributed by atoms with Crippen LogP contribution in [0, 0.1) is 0 Å². The average molecular weight is 383 g/mol. The number of nitrogens with one attached hydrogen (secondary N) is 1. The van der Waals surface area contributed by atoms with E-state index in [0.29, 0.717) is 6.54 Å². The fraction of sp³-hybridized carbons (Fsp3) is 0.538. The standard InChI is InChI=1S/C13H23N3O2S.H2O4S/c1-5-11-9-12(7-8-13(11)14)16(6-2)10(3)15-19(4,17)18;1-5(2,3)4/h7-10,15H,5-6,14H2,1-4H3;(H2,1,2,3,4). The quantitative estimate of drug-likeness (QED) is 0.321. The van der Waals surface area contributed by atoms with Gasteiger partial charge in [-0.05, 0) is 44.0 Å². The third kappa shape index (κ3) is 9.67. The van der Waals surface area contributed by atoms with Gasteiger partial charge >= 0.3 is 10.4 Å². The first-order chi connectivity index (χ1) is 10.8. The van der Waals surface area contributed by atoms with E-state index in [9.17, 15) is 8.42 Å². The normalized spacial score (nSPS) is 12.9. The zero-order valence-electron chi connectivity index (χ0n) is 14.1. The molecule has 1 atom stereocenters. The molecule has 0 bridgehead atoms. The second-order valence-electron chi connectivity index (χ2n) is 5.04. The van der Waals surface area contributed by atoms with Crippen LogP contribution < -0.4 is 15.4 Å². The smallest absolute Gasteiger partial charge is 0.394 e. The van der Waals surface area contributed by atoms with Crippen LogP contribution >= 0.6 is 0 Å². The highest BCUT2D eigenvalue weighted by atomic mass is 32.3. The zero-order chi connectivity index (χ0) is 19.1. The van der Waals surface area contributed by atoms with Gasteiger partial charge in [0.2, 0.25) is 10.0 Å². The van der Waals surface area contributed by atoms with Crippen LogP contribution in [0.2, 0.25) is 0 Å². The van der Waals surface area contributed by atoms with Gasteiger partial charge in [-0.2, -0.15) is 13.1 Å². The van der Waals surface area contributed by atoms with E-state index < -0.39 is 20.4 Å². The van der Waals surface area contributed by atoms with E-state index in [2.05, 4.69) is 4.72 Å². The van der Waals surface area contributed by atoms with Gasteiger partial charge in [0.25, 0.3) is 0 Å². The number of hydrogen-bond donors (Lipinski definition) is 4. The molecule has 1 unspecified atom stereocenters. The van der Waals surface area contributed by atoms with Gasteiger partial charge in [0.05, 0.1) is 12.4 Å². The van der Waals surface area contributed by atoms with E-state index in [1.54, 1.807) is 0 Å². The molecular weight excluding hydrogens is 358 g/mol. The molecule has 1 aromatic rings. The lowest BCUT2D eigenvalue weighted by atomic mass is 10.1. The Morgan fingerprint density at radius 3 is 2.08 bits per heavy atom. The van der Waals surface area contributed by atoms with Crippen LogP contribution in [0.1, 0.15) is 26.3 Å². The number of benzene rings is 1. The minimum absolute atomic E-state index is 0.298. The molecule has 0 saturated heterocycles. The zero-order valence-corrected chi connectivity index (χ0v) is 15.7. The molecule has 0 aliphatic rings. The average Bonchev–Trinajstić information content (AvgIpc) is 2.37. The largest absolute Gasteiger partial charge is 0.399 e. The van der Waals surface area contributed by atoms with Gasteiger partial charge in [-0.3, -0.25) is 9.11 Å². The van der Waals surface area contributed by atoms with Gasteiger partial charge in [-0.15, -0.1) is 0 Å². The summed E-state index contributed by atoms with van der Waals surface area (Å²) in [6.07, 6.45) is 1.72. The molecule has 0 aromatic heterocycles. The second kappa shape index (κ2) is 9.18. The van der Waals surface area contributed by atoms with Crippen molar-refractivity contribution in [2.45, 2.75) is 33.4 Å². The van der Waals surface area contributed by atoms with Crippen molar-refractivity contribution in [3.8, 4) is 0 Å². The number of nitrogens with two attached hydrogens (primary N) is 1. The Labute approximate surface area is 143 Å². The van der Waals surface area contributed by atoms with Crippen molar-refractivity contribution in [1.82, 2.24) is 4.72 Å². The number of nitrogen functional groups attached to an aromatic ring is 1. The van der Waals surface area contributed by atoms with Crippen molar-refractivity contribution in [2.75, 3.05) is 23.4 Å². The maximum absolute atomic E-state index is 11.3. The molecule has 1 rings (SSSR count). The molecule has 0 amide bonds. The summed E-state index contributed by atoms with van der Waals surface area (Å²) in [5.41, 5.74) is 8.70. The van der Waals surface area contributed by atoms with Crippen LogP contribution in [0.5, 0.6) is 0 Å². The fourth-order valence-electron chi connectivity index (χ4n) is 2.13. The monoisotopic (exact) mass is 383 g/mol. The Balaban J connectivity index is 0.000000922. The summed E-state index contributed by atoms with van der Waals surface area (Å²) in [6.45, 7) is 6.57. The summed E-state index contributed by atoms with van der Waals surface area (Å²) in [7, 11) is -7.89. The van der Waals surface area contributed by atoms with Crippen LogP contribution in [-0.2, 0) is 26.8 Å². The molecule has 0 fully saturated rings. The van der Waals surface area contributed by atoms with E-state index in [1.807, 2.05) is 43.9 Å². The third-order valence-electron chi connectivity index (χ3n) is 3.03. The number of sulfonamides is 1. The fourth-order valence-corrected chi connectivity index (χ4v) is 2.88. The maximum atomic E-state index is 11.3. The van der Waals surface area contributed by atoms with Crippen molar-refractivity contribution >= 4 is 31.8 Å². The Bertz CT molecular complexity index is 726. The minimum Gasteiger partial charge on any atom is -0.399 e. The predicted octanol–water partition coefficient (Wildman–Crippen LogP) is 0.900. The molecule has 0 saturated carbocycles. The molecule has 1 aromatic carbocycles. The molecule has 5 N–H and O–H groups in total. The summed E-state index contributed by atoms with van der Waals surface area (Å²) in [5.74, 6) is 0. The molecule has 140 valence electrons. The molecule has 0 heterocycles. The Kier molecular flexibility index (Phi) is 8.64. The first kappa shape index (κ1) is 22.6. The summed E-state index contributed by atoms with van der Waals surface area (Å²) in [4.78, 5) is 1.99. The van der Waals surface area contributed by atoms with Crippen molar-refractivity contribution in [1.29, 1.82) is 0 Å². The van der Waals surface area contributed by atoms with Gasteiger partial charge in [0, 0.05) is 17.9 Å². The summed E-state index contributed by atoms with van der Waals surface area (Å²) >= 11 is 0. The van der Waals surface area contributed by atoms with Crippen molar-refractivity contribution in [2.24, 2.45) is 0 Å². The number of rotatable bonds is 6. The van der Waals surface area contributed by atoms with Crippen LogP contribution in [0.4, 0.5) is 11.4 Å². The van der Waals surface area contributed by atoms with Crippen LogP contribution in [0.3, 0.4) is 0 Å². The molecular formula is C13H25N3O6S2. The number of anilines is 2. The number of nitrogens with zero attached hydrogens (tertiary/aromatic N) is 1. The summed E-state index contributed by atoms with van der Waals surface area (Å²) < 4.78 is 56.8. The summed E-state index contributed by atoms with van der Waals surface area (Å²) in [5, 5.41) is 0. The maximum Gasteiger partial charge on any atom is 0.394 e. The van der Waals surface area contributed by atoms with Gasteiger partial charge in [0.15, 0.2) is 0 Å². The molecule has 0 aliphatic heterocycles. The third-order valence-corrected chi connectivity index (χ3v) is 3.80. The molecule has 9 nitrogen and oxygen atoms in total. The van der Waals surface area contributed by atoms with E-state index in [-0.39, 0.29) is 6.17 Å². The van der Waals surface area contributed by atoms with Crippen molar-refractivity contribution < 1.29 is 25.9 Å². The van der Waals surface area contributed by atoms with Gasteiger partial charge in [-0.1, -0.05) is 6.92 Å². The Morgan fingerprint density at radius 1 is 1.21 bits per heavy atom. The predicted molar refractivity (Wildman–Crippen MR) is 94.9 cm³/mol. The topological polar surface area (TPSA) is 150 Å². The molecule has 0 radical (unpaired) electrons. The summed E-state index contributed by atoms with van der Waals surface area (Å²) in [6, 6.07) is 5.79. The number of aryl methyl sites for hydroxylation is 1. The first-order valence-electron chi connectivity index (χ1n) is 7.10. The van der Waals surface area contributed by atoms with Gasteiger partial charge < -0.3 is 10.6 Å². The van der Waals surface area contributed by atoms with E-state index in [0.717, 1.165) is 29.6 Å².